The molecule has 0 radical (unpaired) electrons. The number of anilines is 1. The standard InChI is InChI=1S/C23H27FN2O3/c1-23(2,3)26(14-16-6-4-7-18(24)12-16)21(27)15-29-20-9-5-8-19(13-20)25-22(28)17-10-11-17/h4-9,12-13,17H,10-11,14-15H2,1-3H3,(H,25,28). The Morgan fingerprint density at radius 1 is 1.14 bits per heavy atom. The van der Waals surface area contributed by atoms with Gasteiger partial charge in [0.25, 0.3) is 5.91 Å². The molecule has 0 atom stereocenters. The molecule has 0 saturated heterocycles. The Morgan fingerprint density at radius 3 is 2.52 bits per heavy atom. The highest BCUT2D eigenvalue weighted by Crippen LogP contribution is 2.30. The molecule has 0 heterocycles. The third-order valence-corrected chi connectivity index (χ3v) is 4.75. The van der Waals surface area contributed by atoms with Crippen molar-refractivity contribution >= 4 is 17.5 Å². The quantitative estimate of drug-likeness (QED) is 0.753. The second kappa shape index (κ2) is 8.64. The lowest BCUT2D eigenvalue weighted by Gasteiger charge is -2.35. The lowest BCUT2D eigenvalue weighted by atomic mass is 10.0. The van der Waals surface area contributed by atoms with Crippen LogP contribution in [0.3, 0.4) is 0 Å². The Kier molecular flexibility index (Phi) is 6.20. The van der Waals surface area contributed by atoms with Crippen LogP contribution in [0.4, 0.5) is 10.1 Å². The van der Waals surface area contributed by atoms with Crippen LogP contribution in [0.1, 0.15) is 39.2 Å². The van der Waals surface area contributed by atoms with E-state index in [1.54, 1.807) is 41.3 Å². The highest BCUT2D eigenvalue weighted by Gasteiger charge is 2.30. The number of benzene rings is 2. The fraction of sp³-hybridized carbons (Fsp3) is 0.391. The van der Waals surface area contributed by atoms with Gasteiger partial charge in [-0.2, -0.15) is 0 Å². The van der Waals surface area contributed by atoms with Gasteiger partial charge in [-0.05, 0) is 63.4 Å². The van der Waals surface area contributed by atoms with Gasteiger partial charge in [0, 0.05) is 29.8 Å². The first-order valence-electron chi connectivity index (χ1n) is 9.81. The summed E-state index contributed by atoms with van der Waals surface area (Å²) in [5.74, 6) is 0.113. The molecule has 5 nitrogen and oxygen atoms in total. The summed E-state index contributed by atoms with van der Waals surface area (Å²) >= 11 is 0. The number of carbonyl (C=O) groups is 2. The molecule has 1 N–H and O–H groups in total. The molecule has 0 aromatic heterocycles. The van der Waals surface area contributed by atoms with Crippen LogP contribution in [0.2, 0.25) is 0 Å². The highest BCUT2D eigenvalue weighted by molar-refractivity contribution is 5.94. The van der Waals surface area contributed by atoms with Crippen LogP contribution in [0, 0.1) is 11.7 Å². The predicted octanol–water partition coefficient (Wildman–Crippen LogP) is 4.38. The largest absolute Gasteiger partial charge is 0.484 e. The van der Waals surface area contributed by atoms with E-state index in [-0.39, 0.29) is 30.2 Å². The van der Waals surface area contributed by atoms with E-state index < -0.39 is 5.54 Å². The average Bonchev–Trinajstić information content (AvgIpc) is 3.49. The molecular weight excluding hydrogens is 371 g/mol. The molecule has 1 saturated carbocycles. The maximum atomic E-state index is 13.5. The lowest BCUT2D eigenvalue weighted by Crippen LogP contribution is -2.47. The van der Waals surface area contributed by atoms with Crippen LogP contribution in [0.15, 0.2) is 48.5 Å². The minimum Gasteiger partial charge on any atom is -0.484 e. The summed E-state index contributed by atoms with van der Waals surface area (Å²) < 4.78 is 19.2. The van der Waals surface area contributed by atoms with Gasteiger partial charge in [-0.3, -0.25) is 9.59 Å². The second-order valence-electron chi connectivity index (χ2n) is 8.36. The maximum absolute atomic E-state index is 13.5. The summed E-state index contributed by atoms with van der Waals surface area (Å²) in [4.78, 5) is 26.4. The zero-order chi connectivity index (χ0) is 21.0. The van der Waals surface area contributed by atoms with Gasteiger partial charge in [0.05, 0.1) is 0 Å². The molecular formula is C23H27FN2O3. The Hall–Kier alpha value is -2.89. The molecule has 2 aromatic carbocycles. The first kappa shape index (κ1) is 20.8. The van der Waals surface area contributed by atoms with Crippen LogP contribution < -0.4 is 10.1 Å². The van der Waals surface area contributed by atoms with Crippen molar-refractivity contribution in [2.75, 3.05) is 11.9 Å². The predicted molar refractivity (Wildman–Crippen MR) is 110 cm³/mol. The molecule has 1 aliphatic carbocycles. The monoisotopic (exact) mass is 398 g/mol. The summed E-state index contributed by atoms with van der Waals surface area (Å²) in [7, 11) is 0. The first-order chi connectivity index (χ1) is 13.7. The van der Waals surface area contributed by atoms with Crippen molar-refractivity contribution in [3.63, 3.8) is 0 Å². The Bertz CT molecular complexity index is 888. The minimum atomic E-state index is -0.452. The van der Waals surface area contributed by atoms with Gasteiger partial charge in [-0.25, -0.2) is 4.39 Å². The van der Waals surface area contributed by atoms with Crippen LogP contribution in [-0.2, 0) is 16.1 Å². The first-order valence-corrected chi connectivity index (χ1v) is 9.81. The normalized spacial score (nSPS) is 13.7. The van der Waals surface area contributed by atoms with Crippen molar-refractivity contribution in [2.24, 2.45) is 5.92 Å². The van der Waals surface area contributed by atoms with Gasteiger partial charge in [-0.15, -0.1) is 0 Å². The number of nitrogens with zero attached hydrogens (tertiary/aromatic N) is 1. The smallest absolute Gasteiger partial charge is 0.261 e. The van der Waals surface area contributed by atoms with E-state index in [0.29, 0.717) is 18.0 Å². The SMILES string of the molecule is CC(C)(C)N(Cc1cccc(F)c1)C(=O)COc1cccc(NC(=O)C2CC2)c1. The maximum Gasteiger partial charge on any atom is 0.261 e. The number of hydrogen-bond acceptors (Lipinski definition) is 3. The van der Waals surface area contributed by atoms with E-state index in [0.717, 1.165) is 18.4 Å². The van der Waals surface area contributed by atoms with Crippen LogP contribution in [-0.4, -0.2) is 28.9 Å². The third kappa shape index (κ3) is 6.04. The lowest BCUT2D eigenvalue weighted by molar-refractivity contribution is -0.139. The summed E-state index contributed by atoms with van der Waals surface area (Å²) in [6, 6.07) is 13.3. The zero-order valence-corrected chi connectivity index (χ0v) is 17.1. The fourth-order valence-electron chi connectivity index (χ4n) is 2.99. The van der Waals surface area contributed by atoms with Crippen molar-refractivity contribution in [2.45, 2.75) is 45.7 Å². The molecule has 29 heavy (non-hydrogen) atoms. The molecule has 0 unspecified atom stereocenters. The van der Waals surface area contributed by atoms with E-state index in [4.69, 9.17) is 4.74 Å². The summed E-state index contributed by atoms with van der Waals surface area (Å²) in [5.41, 5.74) is 0.921. The second-order valence-corrected chi connectivity index (χ2v) is 8.36. The Labute approximate surface area is 170 Å². The average molecular weight is 398 g/mol. The van der Waals surface area contributed by atoms with Gasteiger partial charge in [-0.1, -0.05) is 18.2 Å². The van der Waals surface area contributed by atoms with Crippen molar-refractivity contribution in [1.82, 2.24) is 4.90 Å². The van der Waals surface area contributed by atoms with Crippen molar-refractivity contribution in [3.05, 3.63) is 59.9 Å². The number of halogens is 1. The molecule has 0 spiro atoms. The van der Waals surface area contributed by atoms with Crippen molar-refractivity contribution in [1.29, 1.82) is 0 Å². The topological polar surface area (TPSA) is 58.6 Å². The van der Waals surface area contributed by atoms with E-state index in [2.05, 4.69) is 5.32 Å². The molecule has 0 bridgehead atoms. The molecule has 2 aromatic rings. The molecule has 3 rings (SSSR count). The van der Waals surface area contributed by atoms with Crippen molar-refractivity contribution in [3.8, 4) is 5.75 Å². The van der Waals surface area contributed by atoms with Gasteiger partial charge in [0.2, 0.25) is 5.91 Å². The number of nitrogens with one attached hydrogen (secondary N) is 1. The minimum absolute atomic E-state index is 0.0206. The summed E-state index contributed by atoms with van der Waals surface area (Å²) in [6.07, 6.45) is 1.87. The number of rotatable bonds is 7. The number of amides is 2. The van der Waals surface area contributed by atoms with Gasteiger partial charge in [0.1, 0.15) is 11.6 Å². The molecule has 154 valence electrons. The Balaban J connectivity index is 1.63. The molecule has 1 fully saturated rings. The molecule has 1 aliphatic rings. The number of ether oxygens (including phenoxy) is 1. The van der Waals surface area contributed by atoms with E-state index in [1.165, 1.54) is 12.1 Å². The Morgan fingerprint density at radius 2 is 1.86 bits per heavy atom. The molecule has 2 amide bonds. The summed E-state index contributed by atoms with van der Waals surface area (Å²) in [5, 5.41) is 2.87. The van der Waals surface area contributed by atoms with E-state index in [9.17, 15) is 14.0 Å². The van der Waals surface area contributed by atoms with E-state index in [1.807, 2.05) is 20.8 Å². The molecule has 0 aliphatic heterocycles. The highest BCUT2D eigenvalue weighted by atomic mass is 19.1. The van der Waals surface area contributed by atoms with Crippen LogP contribution in [0.25, 0.3) is 0 Å². The van der Waals surface area contributed by atoms with Crippen LogP contribution >= 0.6 is 0 Å². The molecule has 6 heteroatoms. The fourth-order valence-corrected chi connectivity index (χ4v) is 2.99. The number of carbonyl (C=O) groups excluding carboxylic acids is 2. The van der Waals surface area contributed by atoms with Crippen molar-refractivity contribution < 1.29 is 18.7 Å². The summed E-state index contributed by atoms with van der Waals surface area (Å²) in [6.45, 7) is 5.93. The van der Waals surface area contributed by atoms with Gasteiger partial charge >= 0.3 is 0 Å². The van der Waals surface area contributed by atoms with Gasteiger partial charge < -0.3 is 15.0 Å². The zero-order valence-electron chi connectivity index (χ0n) is 17.1. The van der Waals surface area contributed by atoms with Gasteiger partial charge in [0.15, 0.2) is 6.61 Å². The number of hydrogen-bond donors (Lipinski definition) is 1. The van der Waals surface area contributed by atoms with E-state index >= 15 is 0 Å². The van der Waals surface area contributed by atoms with Crippen LogP contribution in [0.5, 0.6) is 5.75 Å². The third-order valence-electron chi connectivity index (χ3n) is 4.75.